The molecule has 0 saturated heterocycles. The van der Waals surface area contributed by atoms with Crippen molar-refractivity contribution < 1.29 is 9.59 Å². The highest BCUT2D eigenvalue weighted by molar-refractivity contribution is 5.81. The van der Waals surface area contributed by atoms with Gasteiger partial charge in [-0.25, -0.2) is 0 Å². The van der Waals surface area contributed by atoms with Crippen LogP contribution in [0.4, 0.5) is 0 Å². The van der Waals surface area contributed by atoms with Crippen LogP contribution in [0, 0.1) is 6.92 Å². The van der Waals surface area contributed by atoms with E-state index in [1.165, 1.54) is 12.5 Å². The van der Waals surface area contributed by atoms with Crippen LogP contribution in [-0.2, 0) is 16.1 Å². The van der Waals surface area contributed by atoms with Crippen LogP contribution in [0.5, 0.6) is 0 Å². The number of aryl methyl sites for hydroxylation is 1. The molecule has 4 nitrogen and oxygen atoms in total. The Bertz CT molecular complexity index is 809. The van der Waals surface area contributed by atoms with Crippen molar-refractivity contribution in [3.8, 4) is 0 Å². The second kappa shape index (κ2) is 7.34. The summed E-state index contributed by atoms with van der Waals surface area (Å²) in [4.78, 5) is 26.0. The molecule has 2 aromatic rings. The van der Waals surface area contributed by atoms with Gasteiger partial charge in [0.2, 0.25) is 11.8 Å². The van der Waals surface area contributed by atoms with Gasteiger partial charge in [0, 0.05) is 19.7 Å². The summed E-state index contributed by atoms with van der Waals surface area (Å²) in [6, 6.07) is 15.7. The molecule has 0 spiro atoms. The van der Waals surface area contributed by atoms with Gasteiger partial charge in [0.1, 0.15) is 0 Å². The van der Waals surface area contributed by atoms with Crippen molar-refractivity contribution in [2.24, 2.45) is 0 Å². The van der Waals surface area contributed by atoms with Crippen molar-refractivity contribution in [1.82, 2.24) is 10.2 Å². The SMILES string of the molecule is CC(=O)N1C=Cc2ccccc2[C@H]1CC(=O)NCc1ccc(C)cc1. The van der Waals surface area contributed by atoms with Gasteiger partial charge in [0.05, 0.1) is 12.5 Å². The predicted molar refractivity (Wildman–Crippen MR) is 98.4 cm³/mol. The Morgan fingerprint density at radius 1 is 1.08 bits per heavy atom. The fourth-order valence-electron chi connectivity index (χ4n) is 3.07. The van der Waals surface area contributed by atoms with Crippen molar-refractivity contribution >= 4 is 17.9 Å². The third-order valence-corrected chi connectivity index (χ3v) is 4.46. The minimum Gasteiger partial charge on any atom is -0.352 e. The molecule has 0 radical (unpaired) electrons. The van der Waals surface area contributed by atoms with E-state index in [0.717, 1.165) is 16.7 Å². The van der Waals surface area contributed by atoms with Crippen molar-refractivity contribution in [1.29, 1.82) is 0 Å². The second-order valence-corrected chi connectivity index (χ2v) is 6.35. The number of hydrogen-bond donors (Lipinski definition) is 1. The number of amides is 2. The van der Waals surface area contributed by atoms with Crippen LogP contribution in [-0.4, -0.2) is 16.7 Å². The highest BCUT2D eigenvalue weighted by Gasteiger charge is 2.27. The van der Waals surface area contributed by atoms with E-state index in [1.54, 1.807) is 11.1 Å². The average molecular weight is 334 g/mol. The summed E-state index contributed by atoms with van der Waals surface area (Å²) < 4.78 is 0. The minimum absolute atomic E-state index is 0.0675. The van der Waals surface area contributed by atoms with E-state index in [1.807, 2.05) is 61.5 Å². The van der Waals surface area contributed by atoms with Gasteiger partial charge >= 0.3 is 0 Å². The first-order valence-corrected chi connectivity index (χ1v) is 8.43. The van der Waals surface area contributed by atoms with Gasteiger partial charge in [-0.15, -0.1) is 0 Å². The van der Waals surface area contributed by atoms with Gasteiger partial charge < -0.3 is 10.2 Å². The summed E-state index contributed by atoms with van der Waals surface area (Å²) in [7, 11) is 0. The zero-order valence-corrected chi connectivity index (χ0v) is 14.5. The van der Waals surface area contributed by atoms with Crippen LogP contribution in [0.25, 0.3) is 6.08 Å². The molecule has 2 aromatic carbocycles. The maximum Gasteiger partial charge on any atom is 0.223 e. The first-order chi connectivity index (χ1) is 12.0. The molecule has 0 fully saturated rings. The van der Waals surface area contributed by atoms with Crippen molar-refractivity contribution in [2.75, 3.05) is 0 Å². The number of nitrogens with zero attached hydrogens (tertiary/aromatic N) is 1. The molecule has 1 N–H and O–H groups in total. The lowest BCUT2D eigenvalue weighted by Gasteiger charge is -2.32. The van der Waals surface area contributed by atoms with Crippen molar-refractivity contribution in [3.63, 3.8) is 0 Å². The molecule has 128 valence electrons. The molecule has 0 bridgehead atoms. The number of carbonyl (C=O) groups excluding carboxylic acids is 2. The molecule has 1 aliphatic heterocycles. The van der Waals surface area contributed by atoms with Crippen LogP contribution in [0.2, 0.25) is 0 Å². The summed E-state index contributed by atoms with van der Waals surface area (Å²) in [6.45, 7) is 4.05. The van der Waals surface area contributed by atoms with Crippen molar-refractivity contribution in [3.05, 3.63) is 77.0 Å². The molecule has 0 unspecified atom stereocenters. The lowest BCUT2D eigenvalue weighted by Crippen LogP contribution is -2.35. The Kier molecular flexibility index (Phi) is 4.98. The smallest absolute Gasteiger partial charge is 0.223 e. The van der Waals surface area contributed by atoms with E-state index in [9.17, 15) is 9.59 Å². The number of nitrogens with one attached hydrogen (secondary N) is 1. The largest absolute Gasteiger partial charge is 0.352 e. The van der Waals surface area contributed by atoms with E-state index in [0.29, 0.717) is 6.54 Å². The standard InChI is InChI=1S/C21H22N2O2/c1-15-7-9-17(10-8-15)14-22-21(25)13-20-19-6-4-3-5-18(19)11-12-23(20)16(2)24/h3-12,20H,13-14H2,1-2H3,(H,22,25)/t20-/m1/s1. The Morgan fingerprint density at radius 3 is 2.52 bits per heavy atom. The Morgan fingerprint density at radius 2 is 1.80 bits per heavy atom. The number of rotatable bonds is 4. The van der Waals surface area contributed by atoms with E-state index in [2.05, 4.69) is 5.32 Å². The molecular weight excluding hydrogens is 312 g/mol. The predicted octanol–water partition coefficient (Wildman–Crippen LogP) is 3.58. The molecule has 0 saturated carbocycles. The van der Waals surface area contributed by atoms with Gasteiger partial charge in [-0.2, -0.15) is 0 Å². The Balaban J connectivity index is 1.70. The molecule has 1 aliphatic rings. The zero-order chi connectivity index (χ0) is 17.8. The molecule has 0 aromatic heterocycles. The summed E-state index contributed by atoms with van der Waals surface area (Å²) in [5, 5.41) is 2.96. The monoisotopic (exact) mass is 334 g/mol. The van der Waals surface area contributed by atoms with Crippen LogP contribution in [0.1, 0.15) is 41.6 Å². The highest BCUT2D eigenvalue weighted by atomic mass is 16.2. The number of hydrogen-bond acceptors (Lipinski definition) is 2. The van der Waals surface area contributed by atoms with Crippen LogP contribution >= 0.6 is 0 Å². The number of benzene rings is 2. The van der Waals surface area contributed by atoms with Gasteiger partial charge in [0.15, 0.2) is 0 Å². The lowest BCUT2D eigenvalue weighted by molar-refractivity contribution is -0.130. The fourth-order valence-corrected chi connectivity index (χ4v) is 3.07. The first-order valence-electron chi connectivity index (χ1n) is 8.43. The van der Waals surface area contributed by atoms with Crippen LogP contribution in [0.3, 0.4) is 0 Å². The molecular formula is C21H22N2O2. The normalized spacial score (nSPS) is 15.6. The molecule has 1 heterocycles. The second-order valence-electron chi connectivity index (χ2n) is 6.35. The lowest BCUT2D eigenvalue weighted by atomic mass is 9.93. The zero-order valence-electron chi connectivity index (χ0n) is 14.5. The topological polar surface area (TPSA) is 49.4 Å². The number of fused-ring (bicyclic) bond motifs is 1. The quantitative estimate of drug-likeness (QED) is 0.929. The van der Waals surface area contributed by atoms with E-state index in [4.69, 9.17) is 0 Å². The van der Waals surface area contributed by atoms with Gasteiger partial charge in [-0.1, -0.05) is 54.1 Å². The van der Waals surface area contributed by atoms with Crippen molar-refractivity contribution in [2.45, 2.75) is 32.9 Å². The first kappa shape index (κ1) is 17.0. The molecule has 25 heavy (non-hydrogen) atoms. The molecule has 1 atom stereocenters. The average Bonchev–Trinajstić information content (AvgIpc) is 2.61. The molecule has 0 aliphatic carbocycles. The Hall–Kier alpha value is -2.88. The number of carbonyl (C=O) groups is 2. The van der Waals surface area contributed by atoms with Crippen LogP contribution < -0.4 is 5.32 Å². The summed E-state index contributed by atoms with van der Waals surface area (Å²) in [5.74, 6) is -0.135. The fraction of sp³-hybridized carbons (Fsp3) is 0.238. The van der Waals surface area contributed by atoms with Gasteiger partial charge in [-0.3, -0.25) is 9.59 Å². The Labute approximate surface area is 148 Å². The van der Waals surface area contributed by atoms with E-state index < -0.39 is 0 Å². The van der Waals surface area contributed by atoms with Crippen LogP contribution in [0.15, 0.2) is 54.7 Å². The van der Waals surface area contributed by atoms with Gasteiger partial charge in [-0.05, 0) is 29.7 Å². The maximum atomic E-state index is 12.5. The molecule has 4 heteroatoms. The summed E-state index contributed by atoms with van der Waals surface area (Å²) >= 11 is 0. The third kappa shape index (κ3) is 3.97. The summed E-state index contributed by atoms with van der Waals surface area (Å²) in [5.41, 5.74) is 4.31. The molecule has 3 rings (SSSR count). The minimum atomic E-state index is -0.267. The van der Waals surface area contributed by atoms with Gasteiger partial charge in [0.25, 0.3) is 0 Å². The highest BCUT2D eigenvalue weighted by Crippen LogP contribution is 2.32. The van der Waals surface area contributed by atoms with E-state index in [-0.39, 0.29) is 24.3 Å². The maximum absolute atomic E-state index is 12.5. The van der Waals surface area contributed by atoms with E-state index >= 15 is 0 Å². The summed E-state index contributed by atoms with van der Waals surface area (Å²) in [6.07, 6.45) is 3.92. The molecule has 2 amide bonds. The third-order valence-electron chi connectivity index (χ3n) is 4.46.